The third kappa shape index (κ3) is 5.71. The molecule has 1 aliphatic heterocycles. The maximum absolute atomic E-state index is 13.0. The Morgan fingerprint density at radius 3 is 2.35 bits per heavy atom. The third-order valence-electron chi connectivity index (χ3n) is 4.70. The molecule has 0 spiro atoms. The predicted molar refractivity (Wildman–Crippen MR) is 105 cm³/mol. The maximum Gasteiger partial charge on any atom is 0.305 e. The van der Waals surface area contributed by atoms with Gasteiger partial charge in [-0.25, -0.2) is 0 Å². The number of carbonyl (C=O) groups is 2. The van der Waals surface area contributed by atoms with Gasteiger partial charge in [-0.1, -0.05) is 37.6 Å². The molecule has 1 heterocycles. The van der Waals surface area contributed by atoms with E-state index >= 15 is 0 Å². The number of ether oxygens (including phenoxy) is 1. The average Bonchev–Trinajstić information content (AvgIpc) is 2.64. The Morgan fingerprint density at radius 1 is 1.31 bits per heavy atom. The van der Waals surface area contributed by atoms with Crippen LogP contribution in [0.15, 0.2) is 24.3 Å². The Kier molecular flexibility index (Phi) is 9.09. The summed E-state index contributed by atoms with van der Waals surface area (Å²) < 4.78 is 4.68. The molecule has 1 aromatic rings. The van der Waals surface area contributed by atoms with Crippen LogP contribution in [0.3, 0.4) is 0 Å². The number of nitrogens with one attached hydrogen (secondary N) is 1. The number of hydrogen-bond donors (Lipinski definition) is 1. The molecule has 1 saturated heterocycles. The summed E-state index contributed by atoms with van der Waals surface area (Å²) >= 11 is 5.96. The first-order valence-corrected chi connectivity index (χ1v) is 9.63. The fraction of sp³-hybridized carbons (Fsp3) is 0.600. The molecule has 1 fully saturated rings. The fourth-order valence-electron chi connectivity index (χ4n) is 2.89. The summed E-state index contributed by atoms with van der Waals surface area (Å²) in [6, 6.07) is 7.43. The molecule has 5 nitrogen and oxygen atoms in total. The molecule has 1 aromatic carbocycles. The van der Waals surface area contributed by atoms with Crippen molar-refractivity contribution in [1.82, 2.24) is 10.2 Å². The Labute approximate surface area is 162 Å². The molecule has 0 saturated carbocycles. The molecule has 1 unspecified atom stereocenters. The Balaban J connectivity index is 0.00000163. The summed E-state index contributed by atoms with van der Waals surface area (Å²) in [5.74, 6) is -0.185. The normalized spacial score (nSPS) is 19.5. The molecule has 6 heteroatoms. The van der Waals surface area contributed by atoms with Crippen molar-refractivity contribution in [2.75, 3.05) is 20.2 Å². The van der Waals surface area contributed by atoms with Gasteiger partial charge in [-0.2, -0.15) is 0 Å². The summed E-state index contributed by atoms with van der Waals surface area (Å²) in [4.78, 5) is 26.2. The van der Waals surface area contributed by atoms with E-state index in [0.29, 0.717) is 24.4 Å². The maximum atomic E-state index is 13.0. The predicted octanol–water partition coefficient (Wildman–Crippen LogP) is 3.96. The molecule has 0 bridgehead atoms. The van der Waals surface area contributed by atoms with E-state index in [1.165, 1.54) is 7.11 Å². The highest BCUT2D eigenvalue weighted by atomic mass is 35.5. The van der Waals surface area contributed by atoms with Crippen molar-refractivity contribution < 1.29 is 14.3 Å². The molecule has 146 valence electrons. The number of halogens is 1. The van der Waals surface area contributed by atoms with Crippen molar-refractivity contribution in [1.29, 1.82) is 0 Å². The number of hydrogen-bond acceptors (Lipinski definition) is 4. The number of benzene rings is 1. The minimum atomic E-state index is -0.508. The van der Waals surface area contributed by atoms with E-state index < -0.39 is 5.54 Å². The second kappa shape index (κ2) is 10.5. The van der Waals surface area contributed by atoms with Gasteiger partial charge in [-0.05, 0) is 50.9 Å². The first-order chi connectivity index (χ1) is 12.4. The number of carbonyl (C=O) groups excluding carboxylic acids is 2. The van der Waals surface area contributed by atoms with Crippen molar-refractivity contribution in [2.24, 2.45) is 0 Å². The number of methoxy groups -OCH3 is 1. The molecule has 1 N–H and O–H groups in total. The van der Waals surface area contributed by atoms with Crippen LogP contribution in [0.2, 0.25) is 5.02 Å². The highest BCUT2D eigenvalue weighted by Gasteiger charge is 2.42. The summed E-state index contributed by atoms with van der Waals surface area (Å²) in [7, 11) is 1.38. The first-order valence-electron chi connectivity index (χ1n) is 9.26. The zero-order valence-corrected chi connectivity index (χ0v) is 17.2. The van der Waals surface area contributed by atoms with Crippen LogP contribution < -0.4 is 5.32 Å². The van der Waals surface area contributed by atoms with Gasteiger partial charge in [0.15, 0.2) is 0 Å². The van der Waals surface area contributed by atoms with Crippen LogP contribution in [0.1, 0.15) is 58.6 Å². The third-order valence-corrected chi connectivity index (χ3v) is 4.95. The van der Waals surface area contributed by atoms with Crippen LogP contribution >= 0.6 is 11.6 Å². The van der Waals surface area contributed by atoms with Gasteiger partial charge < -0.3 is 15.0 Å². The number of amides is 1. The topological polar surface area (TPSA) is 58.6 Å². The van der Waals surface area contributed by atoms with E-state index in [2.05, 4.69) is 10.1 Å². The Hall–Kier alpha value is -1.59. The molecule has 1 amide bonds. The molecular formula is C20H31ClN2O3. The standard InChI is InChI=1S/C18H25ClN2O3.C2H6/c1-13(14-6-8-15(19)9-7-14)21(12-4-5-16(22)24-3)17(23)18(2)10-11-20-18;1-2/h6-9,13,20H,4-5,10-12H2,1-3H3;1-2H3/t13-,18?;/m0./s1. The van der Waals surface area contributed by atoms with E-state index in [9.17, 15) is 9.59 Å². The zero-order chi connectivity index (χ0) is 19.7. The van der Waals surface area contributed by atoms with Gasteiger partial charge >= 0.3 is 5.97 Å². The van der Waals surface area contributed by atoms with E-state index in [4.69, 9.17) is 11.6 Å². The highest BCUT2D eigenvalue weighted by molar-refractivity contribution is 6.30. The molecular weight excluding hydrogens is 352 g/mol. The van der Waals surface area contributed by atoms with Crippen LogP contribution in [0.25, 0.3) is 0 Å². The number of esters is 1. The van der Waals surface area contributed by atoms with Crippen LogP contribution in [-0.4, -0.2) is 42.5 Å². The van der Waals surface area contributed by atoms with E-state index in [1.54, 1.807) is 0 Å². The van der Waals surface area contributed by atoms with Gasteiger partial charge in [0.1, 0.15) is 0 Å². The lowest BCUT2D eigenvalue weighted by Crippen LogP contribution is -2.64. The zero-order valence-electron chi connectivity index (χ0n) is 16.5. The Bertz CT molecular complexity index is 585. The minimum Gasteiger partial charge on any atom is -0.469 e. The molecule has 0 radical (unpaired) electrons. The lowest BCUT2D eigenvalue weighted by molar-refractivity contribution is -0.145. The second-order valence-electron chi connectivity index (χ2n) is 6.41. The fourth-order valence-corrected chi connectivity index (χ4v) is 3.01. The summed E-state index contributed by atoms with van der Waals surface area (Å²) in [6.07, 6.45) is 1.71. The van der Waals surface area contributed by atoms with Gasteiger partial charge in [0.05, 0.1) is 18.7 Å². The van der Waals surface area contributed by atoms with Crippen molar-refractivity contribution in [3.63, 3.8) is 0 Å². The smallest absolute Gasteiger partial charge is 0.305 e. The second-order valence-corrected chi connectivity index (χ2v) is 6.85. The first kappa shape index (κ1) is 22.5. The Morgan fingerprint density at radius 2 is 1.88 bits per heavy atom. The average molecular weight is 383 g/mol. The summed E-state index contributed by atoms with van der Waals surface area (Å²) in [6.45, 7) is 9.30. The monoisotopic (exact) mass is 382 g/mol. The molecule has 26 heavy (non-hydrogen) atoms. The van der Waals surface area contributed by atoms with E-state index in [1.807, 2.05) is 56.9 Å². The van der Waals surface area contributed by atoms with Gasteiger partial charge in [0, 0.05) is 18.0 Å². The van der Waals surface area contributed by atoms with Crippen LogP contribution in [-0.2, 0) is 14.3 Å². The van der Waals surface area contributed by atoms with Gasteiger partial charge in [-0.3, -0.25) is 9.59 Å². The number of rotatable bonds is 7. The SMILES string of the molecule is CC.COC(=O)CCCN(C(=O)C1(C)CCN1)[C@@H](C)c1ccc(Cl)cc1. The van der Waals surface area contributed by atoms with E-state index in [0.717, 1.165) is 18.5 Å². The van der Waals surface area contributed by atoms with Crippen LogP contribution in [0, 0.1) is 0 Å². The molecule has 2 rings (SSSR count). The minimum absolute atomic E-state index is 0.0704. The number of nitrogens with zero attached hydrogens (tertiary/aromatic N) is 1. The highest BCUT2D eigenvalue weighted by Crippen LogP contribution is 2.28. The van der Waals surface area contributed by atoms with Crippen LogP contribution in [0.5, 0.6) is 0 Å². The van der Waals surface area contributed by atoms with Crippen molar-refractivity contribution in [2.45, 2.75) is 58.5 Å². The summed E-state index contributed by atoms with van der Waals surface area (Å²) in [5.41, 5.74) is 0.514. The van der Waals surface area contributed by atoms with E-state index in [-0.39, 0.29) is 17.9 Å². The molecule has 0 aromatic heterocycles. The molecule has 1 aliphatic rings. The summed E-state index contributed by atoms with van der Waals surface area (Å²) in [5, 5.41) is 3.89. The molecule has 0 aliphatic carbocycles. The lowest BCUT2D eigenvalue weighted by Gasteiger charge is -2.44. The van der Waals surface area contributed by atoms with Crippen molar-refractivity contribution in [3.05, 3.63) is 34.9 Å². The van der Waals surface area contributed by atoms with Gasteiger partial charge in [0.2, 0.25) is 5.91 Å². The van der Waals surface area contributed by atoms with Crippen molar-refractivity contribution >= 4 is 23.5 Å². The molecule has 2 atom stereocenters. The lowest BCUT2D eigenvalue weighted by atomic mass is 9.87. The van der Waals surface area contributed by atoms with Crippen molar-refractivity contribution in [3.8, 4) is 0 Å². The largest absolute Gasteiger partial charge is 0.469 e. The van der Waals surface area contributed by atoms with Crippen LogP contribution in [0.4, 0.5) is 0 Å². The van der Waals surface area contributed by atoms with Gasteiger partial charge in [0.25, 0.3) is 0 Å². The quantitative estimate of drug-likeness (QED) is 0.725. The van der Waals surface area contributed by atoms with Gasteiger partial charge in [-0.15, -0.1) is 0 Å².